The fraction of sp³-hybridized carbons (Fsp3) is 0.333. The predicted molar refractivity (Wildman–Crippen MR) is 61.3 cm³/mol. The van der Waals surface area contributed by atoms with Gasteiger partial charge < -0.3 is 4.90 Å². The van der Waals surface area contributed by atoms with Crippen LogP contribution >= 0.6 is 0 Å². The van der Waals surface area contributed by atoms with Crippen molar-refractivity contribution in [3.63, 3.8) is 0 Å². The van der Waals surface area contributed by atoms with E-state index >= 15 is 0 Å². The van der Waals surface area contributed by atoms with Crippen molar-refractivity contribution < 1.29 is 14.1 Å². The van der Waals surface area contributed by atoms with Crippen molar-refractivity contribution in [3.05, 3.63) is 35.9 Å². The first-order valence-corrected chi connectivity index (χ1v) is 3.47. The van der Waals surface area contributed by atoms with Crippen LogP contribution in [0.3, 0.4) is 0 Å². The molecule has 0 aliphatic heterocycles. The quantitative estimate of drug-likeness (QED) is 0.657. The zero-order valence-electron chi connectivity index (χ0n) is 7.77. The van der Waals surface area contributed by atoms with E-state index < -0.39 is 0 Å². The van der Waals surface area contributed by atoms with Gasteiger partial charge in [-0.2, -0.15) is 0 Å². The molecule has 14 heavy (non-hydrogen) atoms. The van der Waals surface area contributed by atoms with E-state index in [2.05, 4.69) is 43.3 Å². The van der Waals surface area contributed by atoms with Gasteiger partial charge in [0.2, 0.25) is 0 Å². The van der Waals surface area contributed by atoms with Crippen LogP contribution in [0, 0.1) is 0 Å². The van der Waals surface area contributed by atoms with Crippen molar-refractivity contribution in [1.82, 2.24) is 4.90 Å². The lowest BCUT2D eigenvalue weighted by molar-refractivity contribution is 0.402. The van der Waals surface area contributed by atoms with Gasteiger partial charge in [0.25, 0.3) is 0 Å². The van der Waals surface area contributed by atoms with Crippen LogP contribution in [-0.2, 0) is 6.54 Å². The van der Waals surface area contributed by atoms with E-state index in [1.807, 2.05) is 6.07 Å². The fourth-order valence-electron chi connectivity index (χ4n) is 0.949. The number of halogens is 3. The molecule has 0 N–H and O–H groups in total. The molecule has 0 amide bonds. The average Bonchev–Trinajstić information content (AvgIpc) is 1.88. The lowest BCUT2D eigenvalue weighted by Crippen LogP contribution is -2.10. The summed E-state index contributed by atoms with van der Waals surface area (Å²) in [6.07, 6.45) is 0. The van der Waals surface area contributed by atoms with Gasteiger partial charge in [0, 0.05) is 6.54 Å². The summed E-state index contributed by atoms with van der Waals surface area (Å²) in [5.74, 6) is 0. The Labute approximate surface area is 84.8 Å². The highest BCUT2D eigenvalue weighted by atomic mass is 19.0. The Hall–Kier alpha value is -0.965. The van der Waals surface area contributed by atoms with Crippen molar-refractivity contribution in [3.8, 4) is 0 Å². The van der Waals surface area contributed by atoms with Crippen LogP contribution in [-0.4, -0.2) is 27.4 Å². The summed E-state index contributed by atoms with van der Waals surface area (Å²) in [6.45, 7) is 1.03. The third kappa shape index (κ3) is 9.13. The highest BCUT2D eigenvalue weighted by Gasteiger charge is 1.90. The van der Waals surface area contributed by atoms with Gasteiger partial charge in [0.1, 0.15) is 0 Å². The van der Waals surface area contributed by atoms with Gasteiger partial charge in [0.15, 0.2) is 0 Å². The van der Waals surface area contributed by atoms with Crippen molar-refractivity contribution in [2.24, 2.45) is 0 Å². The lowest BCUT2D eigenvalue weighted by atomic mass is 10.2. The number of rotatable bonds is 2. The van der Waals surface area contributed by atoms with Crippen LogP contribution in [0.1, 0.15) is 5.56 Å². The van der Waals surface area contributed by atoms with Crippen LogP contribution in [0.4, 0.5) is 14.1 Å². The summed E-state index contributed by atoms with van der Waals surface area (Å²) in [4.78, 5) is 2.16. The zero-order valence-corrected chi connectivity index (χ0v) is 7.77. The Balaban J connectivity index is -0.000000125. The SMILES string of the molecule is B.CN(C)Cc1ccccc1.F.F.F. The molecular weight excluding hydrogens is 190 g/mol. The number of benzene rings is 1. The number of hydrogen-bond acceptors (Lipinski definition) is 1. The molecule has 0 aliphatic rings. The van der Waals surface area contributed by atoms with Gasteiger partial charge in [-0.1, -0.05) is 30.3 Å². The van der Waals surface area contributed by atoms with E-state index in [0.29, 0.717) is 0 Å². The smallest absolute Gasteiger partial charge is 0.0814 e. The first-order valence-electron chi connectivity index (χ1n) is 3.47. The molecule has 1 aromatic rings. The van der Waals surface area contributed by atoms with E-state index in [4.69, 9.17) is 0 Å². The summed E-state index contributed by atoms with van der Waals surface area (Å²) in [5, 5.41) is 0. The summed E-state index contributed by atoms with van der Waals surface area (Å²) < 4.78 is 0. The molecule has 1 aromatic carbocycles. The Morgan fingerprint density at radius 3 is 1.71 bits per heavy atom. The molecule has 0 bridgehead atoms. The maximum atomic E-state index is 2.16. The number of nitrogens with zero attached hydrogens (tertiary/aromatic N) is 1. The zero-order chi connectivity index (χ0) is 7.40. The van der Waals surface area contributed by atoms with E-state index in [9.17, 15) is 0 Å². The molecule has 1 nitrogen and oxygen atoms in total. The molecule has 5 heteroatoms. The second-order valence-electron chi connectivity index (χ2n) is 2.72. The molecule has 0 aromatic heterocycles. The largest absolute Gasteiger partial charge is 0.305 e. The van der Waals surface area contributed by atoms with Gasteiger partial charge in [0.05, 0.1) is 8.41 Å². The first-order chi connectivity index (χ1) is 4.79. The molecule has 0 saturated heterocycles. The standard InChI is InChI=1S/C9H13N.BH3.3FH/c1-10(2)8-9-6-4-3-5-7-9;;;;/h3-7H,8H2,1-2H3;1H3;3*1H. The van der Waals surface area contributed by atoms with E-state index in [0.717, 1.165) is 6.54 Å². The Morgan fingerprint density at radius 2 is 1.36 bits per heavy atom. The molecule has 0 unspecified atom stereocenters. The predicted octanol–water partition coefficient (Wildman–Crippen LogP) is 1.02. The van der Waals surface area contributed by atoms with Crippen LogP contribution in [0.5, 0.6) is 0 Å². The minimum atomic E-state index is 0. The van der Waals surface area contributed by atoms with Crippen LogP contribution < -0.4 is 0 Å². The minimum absolute atomic E-state index is 0. The molecule has 0 radical (unpaired) electrons. The van der Waals surface area contributed by atoms with Crippen molar-refractivity contribution in [2.75, 3.05) is 14.1 Å². The van der Waals surface area contributed by atoms with Gasteiger partial charge in [-0.05, 0) is 19.7 Å². The first kappa shape index (κ1) is 23.1. The second-order valence-corrected chi connectivity index (χ2v) is 2.72. The monoisotopic (exact) mass is 209 g/mol. The molecule has 0 atom stereocenters. The topological polar surface area (TPSA) is 3.24 Å². The van der Waals surface area contributed by atoms with Crippen molar-refractivity contribution in [1.29, 1.82) is 0 Å². The normalized spacial score (nSPS) is 7.36. The molecule has 0 fully saturated rings. The van der Waals surface area contributed by atoms with Crippen LogP contribution in [0.25, 0.3) is 0 Å². The van der Waals surface area contributed by atoms with Crippen LogP contribution in [0.2, 0.25) is 0 Å². The summed E-state index contributed by atoms with van der Waals surface area (Å²) in [5.41, 5.74) is 1.37. The summed E-state index contributed by atoms with van der Waals surface area (Å²) >= 11 is 0. The molecule has 0 heterocycles. The fourth-order valence-corrected chi connectivity index (χ4v) is 0.949. The molecule has 84 valence electrons. The highest BCUT2D eigenvalue weighted by molar-refractivity contribution is 5.75. The maximum absolute atomic E-state index is 2.16. The van der Waals surface area contributed by atoms with E-state index in [-0.39, 0.29) is 22.5 Å². The number of hydrogen-bond donors (Lipinski definition) is 0. The molecule has 0 spiro atoms. The Bertz CT molecular complexity index is 195. The molecule has 1 rings (SSSR count). The minimum Gasteiger partial charge on any atom is -0.305 e. The third-order valence-corrected chi connectivity index (χ3v) is 1.34. The van der Waals surface area contributed by atoms with Crippen molar-refractivity contribution in [2.45, 2.75) is 6.54 Å². The Kier molecular flexibility index (Phi) is 19.9. The van der Waals surface area contributed by atoms with E-state index in [1.165, 1.54) is 5.56 Å². The second kappa shape index (κ2) is 12.0. The van der Waals surface area contributed by atoms with Gasteiger partial charge in [-0.3, -0.25) is 14.1 Å². The molecule has 0 saturated carbocycles. The van der Waals surface area contributed by atoms with Gasteiger partial charge in [-0.15, -0.1) is 0 Å². The lowest BCUT2D eigenvalue weighted by Gasteiger charge is -2.08. The summed E-state index contributed by atoms with van der Waals surface area (Å²) in [6, 6.07) is 10.5. The molecule has 0 aliphatic carbocycles. The van der Waals surface area contributed by atoms with Crippen LogP contribution in [0.15, 0.2) is 30.3 Å². The maximum Gasteiger partial charge on any atom is 0.0814 e. The van der Waals surface area contributed by atoms with Gasteiger partial charge >= 0.3 is 0 Å². The highest BCUT2D eigenvalue weighted by Crippen LogP contribution is 1.99. The Morgan fingerprint density at radius 1 is 0.929 bits per heavy atom. The third-order valence-electron chi connectivity index (χ3n) is 1.34. The van der Waals surface area contributed by atoms with Crippen molar-refractivity contribution >= 4 is 8.41 Å². The van der Waals surface area contributed by atoms with Gasteiger partial charge in [-0.25, -0.2) is 0 Å². The van der Waals surface area contributed by atoms with E-state index in [1.54, 1.807) is 0 Å². The summed E-state index contributed by atoms with van der Waals surface area (Å²) in [7, 11) is 4.15. The average molecular weight is 209 g/mol. The molecular formula is C9H19BF3N.